The van der Waals surface area contributed by atoms with Crippen LogP contribution in [0.4, 0.5) is 0 Å². The summed E-state index contributed by atoms with van der Waals surface area (Å²) in [6, 6.07) is 2.48. The minimum absolute atomic E-state index is 0.107. The lowest BCUT2D eigenvalue weighted by Crippen LogP contribution is -2.58. The molecule has 0 radical (unpaired) electrons. The number of benzene rings is 1. The number of aliphatic carboxylic acids is 2. The third kappa shape index (κ3) is 10.6. The van der Waals surface area contributed by atoms with Gasteiger partial charge in [0.25, 0.3) is 0 Å². The molecule has 4 amide bonds. The molecule has 14 heteroatoms. The summed E-state index contributed by atoms with van der Waals surface area (Å²) in [5.74, 6) is -6.60. The van der Waals surface area contributed by atoms with Gasteiger partial charge in [-0.3, -0.25) is 24.0 Å². The van der Waals surface area contributed by atoms with Gasteiger partial charge >= 0.3 is 11.9 Å². The maximum absolute atomic E-state index is 12.9. The third-order valence-electron chi connectivity index (χ3n) is 4.75. The van der Waals surface area contributed by atoms with Crippen molar-refractivity contribution >= 4 is 35.6 Å². The summed E-state index contributed by atoms with van der Waals surface area (Å²) in [4.78, 5) is 71.3. The number of aliphatic hydroxyl groups is 1. The Hall–Kier alpha value is -4.04. The summed E-state index contributed by atoms with van der Waals surface area (Å²) in [5, 5.41) is 33.9. The molecule has 0 spiro atoms. The molecule has 14 nitrogen and oxygen atoms in total. The van der Waals surface area contributed by atoms with Crippen molar-refractivity contribution in [2.24, 2.45) is 11.5 Å². The highest BCUT2D eigenvalue weighted by atomic mass is 16.4. The molecule has 1 rings (SSSR count). The van der Waals surface area contributed by atoms with Gasteiger partial charge in [-0.05, 0) is 12.0 Å². The summed E-state index contributed by atoms with van der Waals surface area (Å²) in [5.41, 5.74) is 11.1. The summed E-state index contributed by atoms with van der Waals surface area (Å²) >= 11 is 0. The van der Waals surface area contributed by atoms with Gasteiger partial charge in [0, 0.05) is 12.8 Å². The van der Waals surface area contributed by atoms with E-state index in [0.29, 0.717) is 5.56 Å². The van der Waals surface area contributed by atoms with Crippen LogP contribution >= 0.6 is 0 Å². The Morgan fingerprint density at radius 2 is 1.37 bits per heavy atom. The third-order valence-corrected chi connectivity index (χ3v) is 4.75. The number of carboxylic acids is 2. The van der Waals surface area contributed by atoms with E-state index in [0.717, 1.165) is 0 Å². The van der Waals surface area contributed by atoms with Crippen molar-refractivity contribution in [3.8, 4) is 0 Å². The molecule has 0 saturated heterocycles. The zero-order valence-corrected chi connectivity index (χ0v) is 18.7. The first-order valence-electron chi connectivity index (χ1n) is 10.5. The van der Waals surface area contributed by atoms with Crippen LogP contribution in [0.3, 0.4) is 0 Å². The highest BCUT2D eigenvalue weighted by Crippen LogP contribution is 2.07. The molecule has 10 N–H and O–H groups in total. The van der Waals surface area contributed by atoms with E-state index in [1.165, 1.54) is 0 Å². The van der Waals surface area contributed by atoms with E-state index < -0.39 is 72.8 Å². The van der Waals surface area contributed by atoms with Crippen molar-refractivity contribution in [1.29, 1.82) is 0 Å². The highest BCUT2D eigenvalue weighted by Gasteiger charge is 2.31. The van der Waals surface area contributed by atoms with Crippen LogP contribution in [0.1, 0.15) is 24.8 Å². The number of carboxylic acid groups (broad SMARTS) is 2. The van der Waals surface area contributed by atoms with Crippen LogP contribution in [-0.4, -0.2) is 81.7 Å². The second-order valence-electron chi connectivity index (χ2n) is 7.60. The van der Waals surface area contributed by atoms with Crippen LogP contribution in [0.5, 0.6) is 0 Å². The molecule has 0 bridgehead atoms. The average Bonchev–Trinajstić information content (AvgIpc) is 2.80. The fourth-order valence-electron chi connectivity index (χ4n) is 2.90. The zero-order valence-electron chi connectivity index (χ0n) is 18.7. The fourth-order valence-corrected chi connectivity index (χ4v) is 2.90. The van der Waals surface area contributed by atoms with Crippen LogP contribution in [0.25, 0.3) is 0 Å². The standard InChI is InChI=1S/C21H29N5O9/c22-12(10-27)18(31)24-13(6-7-16(23)28)19(32)25-14(8-11-4-2-1-3-5-11)20(33)26-15(21(34)35)9-17(29)30/h1-5,12-15,27H,6-10,22H2,(H2,23,28)(H,24,31)(H,25,32)(H,26,33)(H,29,30)(H,34,35). The topological polar surface area (TPSA) is 251 Å². The minimum Gasteiger partial charge on any atom is -0.481 e. The highest BCUT2D eigenvalue weighted by molar-refractivity contribution is 5.95. The molecule has 0 aliphatic rings. The van der Waals surface area contributed by atoms with Gasteiger partial charge in [-0.15, -0.1) is 0 Å². The Morgan fingerprint density at radius 3 is 1.89 bits per heavy atom. The van der Waals surface area contributed by atoms with Crippen LogP contribution in [0.15, 0.2) is 30.3 Å². The van der Waals surface area contributed by atoms with E-state index in [9.17, 15) is 33.9 Å². The van der Waals surface area contributed by atoms with Gasteiger partial charge in [-0.1, -0.05) is 30.3 Å². The first kappa shape index (κ1) is 29.0. The molecule has 4 atom stereocenters. The normalized spacial score (nSPS) is 14.0. The molecular formula is C21H29N5O9. The number of hydrogen-bond donors (Lipinski definition) is 8. The lowest BCUT2D eigenvalue weighted by molar-refractivity contribution is -0.147. The van der Waals surface area contributed by atoms with Crippen molar-refractivity contribution in [1.82, 2.24) is 16.0 Å². The molecule has 1 aromatic rings. The SMILES string of the molecule is NC(=O)CCC(NC(=O)C(N)CO)C(=O)NC(Cc1ccccc1)C(=O)NC(CC(=O)O)C(=O)O. The van der Waals surface area contributed by atoms with Crippen LogP contribution in [0, 0.1) is 0 Å². The second kappa shape index (κ2) is 14.3. The smallest absolute Gasteiger partial charge is 0.326 e. The summed E-state index contributed by atoms with van der Waals surface area (Å²) in [7, 11) is 0. The molecular weight excluding hydrogens is 466 g/mol. The molecule has 0 saturated carbocycles. The number of hydrogen-bond acceptors (Lipinski definition) is 8. The minimum atomic E-state index is -1.76. The van der Waals surface area contributed by atoms with E-state index in [4.69, 9.17) is 21.7 Å². The first-order valence-corrected chi connectivity index (χ1v) is 10.5. The van der Waals surface area contributed by atoms with E-state index in [1.54, 1.807) is 30.3 Å². The number of primary amides is 1. The van der Waals surface area contributed by atoms with Crippen LogP contribution < -0.4 is 27.4 Å². The Kier molecular flexibility index (Phi) is 11.8. The summed E-state index contributed by atoms with van der Waals surface area (Å²) in [6.07, 6.45) is -1.56. The van der Waals surface area contributed by atoms with Gasteiger partial charge in [0.1, 0.15) is 24.2 Å². The Labute approximate surface area is 200 Å². The Bertz CT molecular complexity index is 925. The monoisotopic (exact) mass is 495 g/mol. The molecule has 0 heterocycles. The van der Waals surface area contributed by atoms with Crippen molar-refractivity contribution in [3.05, 3.63) is 35.9 Å². The number of rotatable bonds is 15. The van der Waals surface area contributed by atoms with Gasteiger partial charge < -0.3 is 42.7 Å². The number of aliphatic hydroxyl groups excluding tert-OH is 1. The number of amides is 4. The van der Waals surface area contributed by atoms with Gasteiger partial charge in [0.15, 0.2) is 0 Å². The number of carbonyl (C=O) groups is 6. The maximum Gasteiger partial charge on any atom is 0.326 e. The molecule has 4 unspecified atom stereocenters. The lowest BCUT2D eigenvalue weighted by atomic mass is 10.0. The van der Waals surface area contributed by atoms with Gasteiger partial charge in [-0.2, -0.15) is 0 Å². The van der Waals surface area contributed by atoms with Crippen molar-refractivity contribution in [2.75, 3.05) is 6.61 Å². The molecule has 192 valence electrons. The van der Waals surface area contributed by atoms with E-state index in [1.807, 2.05) is 0 Å². The predicted molar refractivity (Wildman–Crippen MR) is 119 cm³/mol. The van der Waals surface area contributed by atoms with Crippen LogP contribution in [0.2, 0.25) is 0 Å². The molecule has 1 aromatic carbocycles. The Balaban J connectivity index is 3.14. The molecule has 35 heavy (non-hydrogen) atoms. The quantitative estimate of drug-likeness (QED) is 0.121. The van der Waals surface area contributed by atoms with Crippen molar-refractivity contribution in [3.63, 3.8) is 0 Å². The molecule has 0 fully saturated rings. The number of carbonyl (C=O) groups excluding carboxylic acids is 4. The van der Waals surface area contributed by atoms with Gasteiger partial charge in [0.05, 0.1) is 13.0 Å². The van der Waals surface area contributed by atoms with E-state index in [-0.39, 0.29) is 19.3 Å². The van der Waals surface area contributed by atoms with Gasteiger partial charge in [0.2, 0.25) is 23.6 Å². The van der Waals surface area contributed by atoms with Gasteiger partial charge in [-0.25, -0.2) is 4.79 Å². The maximum atomic E-state index is 12.9. The number of nitrogens with one attached hydrogen (secondary N) is 3. The Morgan fingerprint density at radius 1 is 0.829 bits per heavy atom. The molecule has 0 aliphatic carbocycles. The van der Waals surface area contributed by atoms with E-state index in [2.05, 4.69) is 16.0 Å². The zero-order chi connectivity index (χ0) is 26.5. The summed E-state index contributed by atoms with van der Waals surface area (Å²) < 4.78 is 0. The largest absolute Gasteiger partial charge is 0.481 e. The molecule has 0 aliphatic heterocycles. The fraction of sp³-hybridized carbons (Fsp3) is 0.429. The second-order valence-corrected chi connectivity index (χ2v) is 7.60. The predicted octanol–water partition coefficient (Wildman–Crippen LogP) is -3.17. The van der Waals surface area contributed by atoms with Crippen molar-refractivity contribution in [2.45, 2.75) is 49.9 Å². The molecule has 0 aromatic heterocycles. The van der Waals surface area contributed by atoms with Crippen LogP contribution in [-0.2, 0) is 35.2 Å². The average molecular weight is 495 g/mol. The summed E-state index contributed by atoms with van der Waals surface area (Å²) in [6.45, 7) is -0.713. The lowest BCUT2D eigenvalue weighted by Gasteiger charge is -2.25. The first-order chi connectivity index (χ1) is 16.4. The number of nitrogens with two attached hydrogens (primary N) is 2. The van der Waals surface area contributed by atoms with E-state index >= 15 is 0 Å². The van der Waals surface area contributed by atoms with Crippen molar-refractivity contribution < 1.29 is 44.1 Å².